The Morgan fingerprint density at radius 2 is 1.96 bits per heavy atom. The summed E-state index contributed by atoms with van der Waals surface area (Å²) in [6.07, 6.45) is 4.33. The average molecular weight is 444 g/mol. The lowest BCUT2D eigenvalue weighted by Crippen LogP contribution is -2.44. The molecule has 0 heterocycles. The van der Waals surface area contributed by atoms with Crippen molar-refractivity contribution in [2.75, 3.05) is 5.32 Å². The molecule has 1 aliphatic carbocycles. The number of anilines is 1. The van der Waals surface area contributed by atoms with Crippen molar-refractivity contribution >= 4 is 41.5 Å². The van der Waals surface area contributed by atoms with E-state index in [0.29, 0.717) is 12.5 Å². The Bertz CT molecular complexity index is 575. The van der Waals surface area contributed by atoms with E-state index in [0.717, 1.165) is 36.9 Å². The first kappa shape index (κ1) is 20.7. The molecule has 0 spiro atoms. The van der Waals surface area contributed by atoms with E-state index in [9.17, 15) is 4.79 Å². The van der Waals surface area contributed by atoms with Gasteiger partial charge in [-0.15, -0.1) is 24.0 Å². The van der Waals surface area contributed by atoms with Gasteiger partial charge in [0.1, 0.15) is 0 Å². The fourth-order valence-corrected chi connectivity index (χ4v) is 2.78. The molecule has 134 valence electrons. The summed E-state index contributed by atoms with van der Waals surface area (Å²) in [5, 5.41) is 6.15. The third-order valence-corrected chi connectivity index (χ3v) is 3.86. The van der Waals surface area contributed by atoms with E-state index in [4.69, 9.17) is 5.73 Å². The van der Waals surface area contributed by atoms with Crippen molar-refractivity contribution in [1.82, 2.24) is 5.32 Å². The highest BCUT2D eigenvalue weighted by molar-refractivity contribution is 14.0. The van der Waals surface area contributed by atoms with Gasteiger partial charge in [-0.3, -0.25) is 4.79 Å². The van der Waals surface area contributed by atoms with Crippen LogP contribution >= 0.6 is 24.0 Å². The summed E-state index contributed by atoms with van der Waals surface area (Å²) in [4.78, 5) is 16.5. The standard InChI is InChI=1S/C18H28N4O.HI/c1-18(2,3)22-17(19)20-12-13-7-6-10-15(11-13)21-16(23)14-8-4-5-9-14;/h6-7,10-11,14H,4-5,8-9,12H2,1-3H3,(H,21,23)(H3,19,20,22);1H. The van der Waals surface area contributed by atoms with Gasteiger partial charge in [0.25, 0.3) is 0 Å². The summed E-state index contributed by atoms with van der Waals surface area (Å²) in [5.74, 6) is 0.735. The van der Waals surface area contributed by atoms with Gasteiger partial charge in [-0.1, -0.05) is 25.0 Å². The number of hydrogen-bond donors (Lipinski definition) is 3. The highest BCUT2D eigenvalue weighted by atomic mass is 127. The van der Waals surface area contributed by atoms with E-state index in [-0.39, 0.29) is 41.3 Å². The second kappa shape index (κ2) is 9.25. The first-order chi connectivity index (χ1) is 10.8. The monoisotopic (exact) mass is 444 g/mol. The number of carbonyl (C=O) groups excluding carboxylic acids is 1. The van der Waals surface area contributed by atoms with E-state index in [1.807, 2.05) is 45.0 Å². The summed E-state index contributed by atoms with van der Waals surface area (Å²) >= 11 is 0. The highest BCUT2D eigenvalue weighted by Gasteiger charge is 2.22. The molecule has 0 radical (unpaired) electrons. The highest BCUT2D eigenvalue weighted by Crippen LogP contribution is 2.26. The van der Waals surface area contributed by atoms with Crippen LogP contribution in [0.25, 0.3) is 0 Å². The third kappa shape index (κ3) is 7.07. The maximum Gasteiger partial charge on any atom is 0.227 e. The Hall–Kier alpha value is -1.31. The first-order valence-electron chi connectivity index (χ1n) is 8.31. The SMILES string of the molecule is CC(C)(C)NC(N)=NCc1cccc(NC(=O)C2CCCC2)c1.I. The molecular weight excluding hydrogens is 415 g/mol. The Balaban J connectivity index is 0.00000288. The summed E-state index contributed by atoms with van der Waals surface area (Å²) in [6.45, 7) is 6.60. The lowest BCUT2D eigenvalue weighted by atomic mass is 10.1. The molecule has 1 aromatic rings. The molecular formula is C18H29IN4O. The molecule has 2 rings (SSSR count). The number of nitrogens with one attached hydrogen (secondary N) is 2. The second-order valence-corrected chi connectivity index (χ2v) is 7.25. The van der Waals surface area contributed by atoms with Gasteiger partial charge >= 0.3 is 0 Å². The molecule has 0 bridgehead atoms. The lowest BCUT2D eigenvalue weighted by molar-refractivity contribution is -0.119. The fourth-order valence-electron chi connectivity index (χ4n) is 2.78. The number of aliphatic imine (C=N–C) groups is 1. The number of benzene rings is 1. The molecule has 6 heteroatoms. The quantitative estimate of drug-likeness (QED) is 0.377. The van der Waals surface area contributed by atoms with Gasteiger partial charge in [0, 0.05) is 17.1 Å². The summed E-state index contributed by atoms with van der Waals surface area (Å²) < 4.78 is 0. The Kier molecular flexibility index (Phi) is 7.99. The van der Waals surface area contributed by atoms with Crippen molar-refractivity contribution in [3.63, 3.8) is 0 Å². The molecule has 24 heavy (non-hydrogen) atoms. The number of rotatable bonds is 4. The zero-order valence-corrected chi connectivity index (χ0v) is 17.1. The van der Waals surface area contributed by atoms with Gasteiger partial charge in [0.2, 0.25) is 5.91 Å². The molecule has 0 aromatic heterocycles. The number of nitrogens with zero attached hydrogens (tertiary/aromatic N) is 1. The van der Waals surface area contributed by atoms with Crippen molar-refractivity contribution in [2.45, 2.75) is 58.5 Å². The smallest absolute Gasteiger partial charge is 0.227 e. The molecule has 1 aliphatic rings. The first-order valence-corrected chi connectivity index (χ1v) is 8.31. The number of nitrogens with two attached hydrogens (primary N) is 1. The van der Waals surface area contributed by atoms with Gasteiger partial charge < -0.3 is 16.4 Å². The fraction of sp³-hybridized carbons (Fsp3) is 0.556. The van der Waals surface area contributed by atoms with Crippen LogP contribution in [0.1, 0.15) is 52.0 Å². The van der Waals surface area contributed by atoms with Crippen molar-refractivity contribution < 1.29 is 4.79 Å². The zero-order chi connectivity index (χ0) is 16.9. The maximum atomic E-state index is 12.2. The van der Waals surface area contributed by atoms with Crippen LogP contribution in [0.15, 0.2) is 29.3 Å². The van der Waals surface area contributed by atoms with Crippen LogP contribution < -0.4 is 16.4 Å². The topological polar surface area (TPSA) is 79.5 Å². The minimum atomic E-state index is -0.106. The average Bonchev–Trinajstić information content (AvgIpc) is 2.98. The van der Waals surface area contributed by atoms with Crippen LogP contribution in [-0.4, -0.2) is 17.4 Å². The molecule has 4 N–H and O–H groups in total. The molecule has 0 aliphatic heterocycles. The van der Waals surface area contributed by atoms with E-state index in [2.05, 4.69) is 15.6 Å². The molecule has 0 saturated heterocycles. The number of halogens is 1. The van der Waals surface area contributed by atoms with Crippen LogP contribution in [0.3, 0.4) is 0 Å². The van der Waals surface area contributed by atoms with E-state index >= 15 is 0 Å². The molecule has 1 saturated carbocycles. The number of amides is 1. The number of hydrogen-bond acceptors (Lipinski definition) is 2. The van der Waals surface area contributed by atoms with Gasteiger partial charge in [0.05, 0.1) is 6.54 Å². The van der Waals surface area contributed by atoms with Gasteiger partial charge in [0.15, 0.2) is 5.96 Å². The predicted molar refractivity (Wildman–Crippen MR) is 111 cm³/mol. The molecule has 1 fully saturated rings. The lowest BCUT2D eigenvalue weighted by Gasteiger charge is -2.21. The molecule has 5 nitrogen and oxygen atoms in total. The summed E-state index contributed by atoms with van der Waals surface area (Å²) in [7, 11) is 0. The Morgan fingerprint density at radius 3 is 2.58 bits per heavy atom. The zero-order valence-electron chi connectivity index (χ0n) is 14.8. The summed E-state index contributed by atoms with van der Waals surface area (Å²) in [6, 6.07) is 7.79. The van der Waals surface area contributed by atoms with Gasteiger partial charge in [-0.05, 0) is 51.3 Å². The largest absolute Gasteiger partial charge is 0.370 e. The molecule has 0 atom stereocenters. The third-order valence-electron chi connectivity index (χ3n) is 3.86. The molecule has 1 amide bonds. The van der Waals surface area contributed by atoms with Crippen molar-refractivity contribution in [2.24, 2.45) is 16.6 Å². The van der Waals surface area contributed by atoms with Crippen molar-refractivity contribution in [3.8, 4) is 0 Å². The Labute approximate surface area is 161 Å². The van der Waals surface area contributed by atoms with Gasteiger partial charge in [-0.2, -0.15) is 0 Å². The maximum absolute atomic E-state index is 12.2. The number of guanidine groups is 1. The van der Waals surface area contributed by atoms with Crippen molar-refractivity contribution in [1.29, 1.82) is 0 Å². The van der Waals surface area contributed by atoms with Crippen LogP contribution in [0.4, 0.5) is 5.69 Å². The van der Waals surface area contributed by atoms with Crippen molar-refractivity contribution in [3.05, 3.63) is 29.8 Å². The van der Waals surface area contributed by atoms with E-state index in [1.54, 1.807) is 0 Å². The predicted octanol–water partition coefficient (Wildman–Crippen LogP) is 3.64. The molecule has 1 aromatic carbocycles. The van der Waals surface area contributed by atoms with E-state index in [1.165, 1.54) is 0 Å². The second-order valence-electron chi connectivity index (χ2n) is 7.25. The van der Waals surface area contributed by atoms with E-state index < -0.39 is 0 Å². The van der Waals surface area contributed by atoms with Gasteiger partial charge in [-0.25, -0.2) is 4.99 Å². The van der Waals surface area contributed by atoms with Crippen LogP contribution in [0.2, 0.25) is 0 Å². The normalized spacial score (nSPS) is 15.7. The minimum Gasteiger partial charge on any atom is -0.370 e. The molecule has 0 unspecified atom stereocenters. The van der Waals surface area contributed by atoms with Crippen LogP contribution in [0.5, 0.6) is 0 Å². The minimum absolute atomic E-state index is 0. The van der Waals surface area contributed by atoms with Crippen LogP contribution in [0, 0.1) is 5.92 Å². The van der Waals surface area contributed by atoms with Crippen LogP contribution in [-0.2, 0) is 11.3 Å². The Morgan fingerprint density at radius 1 is 1.29 bits per heavy atom. The number of carbonyl (C=O) groups is 1. The summed E-state index contributed by atoms with van der Waals surface area (Å²) in [5.41, 5.74) is 7.62.